The van der Waals surface area contributed by atoms with E-state index < -0.39 is 29.8 Å². The van der Waals surface area contributed by atoms with E-state index >= 15 is 0 Å². The highest BCUT2D eigenvalue weighted by atomic mass is 19.4. The highest BCUT2D eigenvalue weighted by Gasteiger charge is 2.38. The Kier molecular flexibility index (Phi) is 8.20. The van der Waals surface area contributed by atoms with E-state index in [2.05, 4.69) is 21.2 Å². The molecule has 0 aliphatic carbocycles. The van der Waals surface area contributed by atoms with Crippen molar-refractivity contribution in [2.24, 2.45) is 5.73 Å². The number of nitrogens with two attached hydrogens (primary N) is 1. The van der Waals surface area contributed by atoms with Crippen LogP contribution in [0.4, 0.5) is 22.0 Å². The number of fused-ring (bicyclic) bond motifs is 1. The Morgan fingerprint density at radius 1 is 1.11 bits per heavy atom. The average Bonchev–Trinajstić information content (AvgIpc) is 3.19. The van der Waals surface area contributed by atoms with Crippen LogP contribution in [0.1, 0.15) is 11.3 Å². The van der Waals surface area contributed by atoms with Crippen LogP contribution < -0.4 is 10.5 Å². The molecule has 0 bridgehead atoms. The minimum atomic E-state index is -5.08. The molecule has 190 valence electrons. The van der Waals surface area contributed by atoms with Crippen LogP contribution in [0.3, 0.4) is 0 Å². The van der Waals surface area contributed by atoms with Gasteiger partial charge in [-0.25, -0.2) is 13.6 Å². The number of alkyl halides is 3. The van der Waals surface area contributed by atoms with Gasteiger partial charge in [-0.3, -0.25) is 10.1 Å². The van der Waals surface area contributed by atoms with Gasteiger partial charge in [-0.1, -0.05) is 12.1 Å². The first-order valence-electron chi connectivity index (χ1n) is 10.5. The number of hydrogen-bond donors (Lipinski definition) is 3. The number of aromatic nitrogens is 3. The summed E-state index contributed by atoms with van der Waals surface area (Å²) in [5.41, 5.74) is 10.2. The molecule has 0 saturated heterocycles. The van der Waals surface area contributed by atoms with Crippen molar-refractivity contribution >= 4 is 16.9 Å². The summed E-state index contributed by atoms with van der Waals surface area (Å²) in [5, 5.41) is 15.4. The molecule has 4 rings (SSSR count). The number of carbonyl (C=O) groups is 1. The van der Waals surface area contributed by atoms with Crippen LogP contribution >= 0.6 is 0 Å². The quantitative estimate of drug-likeness (QED) is 0.323. The molecule has 4 aromatic rings. The second kappa shape index (κ2) is 11.1. The first-order valence-corrected chi connectivity index (χ1v) is 10.5. The molecule has 12 heteroatoms. The van der Waals surface area contributed by atoms with Crippen molar-refractivity contribution in [3.63, 3.8) is 0 Å². The number of nitrogens with zero attached hydrogens (tertiary/aromatic N) is 2. The molecule has 0 unspecified atom stereocenters. The normalized spacial score (nSPS) is 12.1. The van der Waals surface area contributed by atoms with Gasteiger partial charge < -0.3 is 15.6 Å². The zero-order valence-corrected chi connectivity index (χ0v) is 18.8. The zero-order chi connectivity index (χ0) is 26.5. The number of H-pyrrole nitrogens is 1. The maximum Gasteiger partial charge on any atom is 0.490 e. The molecule has 0 aliphatic rings. The first kappa shape index (κ1) is 26.5. The first-order chi connectivity index (χ1) is 16.9. The third-order valence-corrected chi connectivity index (χ3v) is 4.99. The summed E-state index contributed by atoms with van der Waals surface area (Å²) in [6, 6.07) is 10.9. The minimum absolute atomic E-state index is 0.182. The third-order valence-electron chi connectivity index (χ3n) is 4.99. The lowest BCUT2D eigenvalue weighted by molar-refractivity contribution is -0.192. The number of aromatic amines is 1. The van der Waals surface area contributed by atoms with Crippen LogP contribution in [0.2, 0.25) is 0 Å². The van der Waals surface area contributed by atoms with E-state index in [4.69, 9.17) is 20.4 Å². The monoisotopic (exact) mass is 508 g/mol. The predicted octanol–water partition coefficient (Wildman–Crippen LogP) is 4.79. The van der Waals surface area contributed by atoms with Gasteiger partial charge in [0.05, 0.1) is 11.7 Å². The van der Waals surface area contributed by atoms with E-state index in [0.29, 0.717) is 11.3 Å². The molecule has 0 spiro atoms. The lowest BCUT2D eigenvalue weighted by atomic mass is 10.0. The van der Waals surface area contributed by atoms with E-state index in [1.807, 2.05) is 25.1 Å². The lowest BCUT2D eigenvalue weighted by Crippen LogP contribution is -2.30. The van der Waals surface area contributed by atoms with Crippen molar-refractivity contribution in [2.45, 2.75) is 25.6 Å². The van der Waals surface area contributed by atoms with Gasteiger partial charge in [0.2, 0.25) is 0 Å². The molecule has 0 saturated carbocycles. The Bertz CT molecular complexity index is 1360. The van der Waals surface area contributed by atoms with Crippen molar-refractivity contribution in [1.29, 1.82) is 0 Å². The van der Waals surface area contributed by atoms with Crippen LogP contribution in [0.15, 0.2) is 54.9 Å². The Morgan fingerprint density at radius 2 is 1.83 bits per heavy atom. The predicted molar refractivity (Wildman–Crippen MR) is 121 cm³/mol. The molecule has 2 heterocycles. The van der Waals surface area contributed by atoms with Crippen LogP contribution in [-0.4, -0.2) is 45.1 Å². The van der Waals surface area contributed by atoms with Gasteiger partial charge in [0, 0.05) is 34.9 Å². The number of halogens is 5. The Morgan fingerprint density at radius 3 is 2.50 bits per heavy atom. The summed E-state index contributed by atoms with van der Waals surface area (Å²) < 4.78 is 64.3. The number of pyridine rings is 1. The average molecular weight is 508 g/mol. The minimum Gasteiger partial charge on any atom is -0.490 e. The Labute approximate surface area is 201 Å². The highest BCUT2D eigenvalue weighted by Crippen LogP contribution is 2.27. The molecular weight excluding hydrogens is 487 g/mol. The molecule has 4 N–H and O–H groups in total. The maximum atomic E-state index is 13.8. The number of carboxylic acid groups (broad SMARTS) is 1. The van der Waals surface area contributed by atoms with Gasteiger partial charge in [0.25, 0.3) is 0 Å². The van der Waals surface area contributed by atoms with Crippen LogP contribution in [-0.2, 0) is 11.2 Å². The van der Waals surface area contributed by atoms with Gasteiger partial charge in [0.1, 0.15) is 24.0 Å². The molecule has 2 aromatic heterocycles. The van der Waals surface area contributed by atoms with Gasteiger partial charge in [0.15, 0.2) is 0 Å². The summed E-state index contributed by atoms with van der Waals surface area (Å²) in [5.74, 6) is -3.40. The van der Waals surface area contributed by atoms with E-state index in [0.717, 1.165) is 33.8 Å². The smallest absolute Gasteiger partial charge is 0.490 e. The van der Waals surface area contributed by atoms with Crippen molar-refractivity contribution in [1.82, 2.24) is 15.2 Å². The molecule has 0 radical (unpaired) electrons. The topological polar surface area (TPSA) is 114 Å². The largest absolute Gasteiger partial charge is 0.490 e. The van der Waals surface area contributed by atoms with Crippen molar-refractivity contribution in [2.75, 3.05) is 6.61 Å². The molecule has 0 aliphatic heterocycles. The van der Waals surface area contributed by atoms with Crippen LogP contribution in [0, 0.1) is 18.6 Å². The van der Waals surface area contributed by atoms with Crippen molar-refractivity contribution < 1.29 is 36.6 Å². The number of nitrogens with one attached hydrogen (secondary N) is 1. The van der Waals surface area contributed by atoms with E-state index in [1.54, 1.807) is 12.4 Å². The fraction of sp³-hybridized carbons (Fsp3) is 0.208. The molecule has 1 atom stereocenters. The summed E-state index contributed by atoms with van der Waals surface area (Å²) in [6.45, 7) is 2.16. The van der Waals surface area contributed by atoms with Crippen molar-refractivity contribution in [3.05, 3.63) is 77.8 Å². The molecular formula is C24H21F5N4O3. The van der Waals surface area contributed by atoms with Gasteiger partial charge in [-0.15, -0.1) is 0 Å². The Balaban J connectivity index is 0.000000454. The summed E-state index contributed by atoms with van der Waals surface area (Å²) >= 11 is 0. The number of ether oxygens (including phenoxy) is 1. The third kappa shape index (κ3) is 6.98. The van der Waals surface area contributed by atoms with Crippen LogP contribution in [0.5, 0.6) is 5.75 Å². The fourth-order valence-electron chi connectivity index (χ4n) is 3.21. The zero-order valence-electron chi connectivity index (χ0n) is 18.8. The number of hydrogen-bond acceptors (Lipinski definition) is 5. The summed E-state index contributed by atoms with van der Waals surface area (Å²) in [6.07, 6.45) is -1.47. The summed E-state index contributed by atoms with van der Waals surface area (Å²) in [4.78, 5) is 13.1. The summed E-state index contributed by atoms with van der Waals surface area (Å²) in [7, 11) is 0. The van der Waals surface area contributed by atoms with Gasteiger partial charge >= 0.3 is 12.1 Å². The fourth-order valence-corrected chi connectivity index (χ4v) is 3.21. The second-order valence-corrected chi connectivity index (χ2v) is 7.80. The van der Waals surface area contributed by atoms with E-state index in [9.17, 15) is 22.0 Å². The number of benzene rings is 2. The number of aryl methyl sites for hydroxylation is 1. The van der Waals surface area contributed by atoms with E-state index in [1.165, 1.54) is 12.1 Å². The van der Waals surface area contributed by atoms with E-state index in [-0.39, 0.29) is 13.0 Å². The Hall–Kier alpha value is -4.06. The van der Waals surface area contributed by atoms with Gasteiger partial charge in [-0.05, 0) is 48.7 Å². The van der Waals surface area contributed by atoms with Crippen molar-refractivity contribution in [3.8, 4) is 16.9 Å². The SMILES string of the molecule is Cc1[nH]nc2ccc(-c3cncc(OC[C@@H](N)Cc4ccc(F)cc4F)c3)cc12.O=C(O)C(F)(F)F. The molecule has 36 heavy (non-hydrogen) atoms. The number of carboxylic acids is 1. The number of rotatable bonds is 6. The van der Waals surface area contributed by atoms with Crippen LogP contribution in [0.25, 0.3) is 22.0 Å². The maximum absolute atomic E-state index is 13.8. The molecule has 2 aromatic carbocycles. The molecule has 7 nitrogen and oxygen atoms in total. The highest BCUT2D eigenvalue weighted by molar-refractivity contribution is 5.86. The number of aliphatic carboxylic acids is 1. The second-order valence-electron chi connectivity index (χ2n) is 7.80. The molecule has 0 fully saturated rings. The molecule has 0 amide bonds. The standard InChI is InChI=1S/C22H20F2N4O.C2HF3O2/c1-13-20-8-14(3-5-22(20)28-27-13)16-7-19(11-26-10-16)29-12-18(25)6-15-2-4-17(23)9-21(15)24;3-2(4,5)1(6)7/h2-5,7-11,18H,6,12,25H2,1H3,(H,27,28);(H,6,7)/t18-;/m0./s1. The lowest BCUT2D eigenvalue weighted by Gasteiger charge is -2.14. The van der Waals surface area contributed by atoms with Gasteiger partial charge in [-0.2, -0.15) is 18.3 Å².